The van der Waals surface area contributed by atoms with Crippen LogP contribution in [0, 0.1) is 0 Å². The van der Waals surface area contributed by atoms with Gasteiger partial charge in [-0.3, -0.25) is 0 Å². The van der Waals surface area contributed by atoms with E-state index in [0.717, 1.165) is 34.4 Å². The number of nitrogens with two attached hydrogens (primary N) is 1. The lowest BCUT2D eigenvalue weighted by atomic mass is 10.2. The normalized spacial score (nSPS) is 20.2. The topological polar surface area (TPSA) is 35.2 Å². The summed E-state index contributed by atoms with van der Waals surface area (Å²) in [6.45, 7) is 0.921. The van der Waals surface area contributed by atoms with E-state index in [0.29, 0.717) is 6.10 Å². The van der Waals surface area contributed by atoms with Gasteiger partial charge in [-0.1, -0.05) is 11.6 Å². The van der Waals surface area contributed by atoms with Crippen LogP contribution in [0.2, 0.25) is 5.02 Å². The summed E-state index contributed by atoms with van der Waals surface area (Å²) in [5, 5.41) is 0.800. The van der Waals surface area contributed by atoms with Gasteiger partial charge in [-0.2, -0.15) is 11.8 Å². The van der Waals surface area contributed by atoms with E-state index in [-0.39, 0.29) is 0 Å². The van der Waals surface area contributed by atoms with Gasteiger partial charge in [-0.05, 0) is 36.6 Å². The molecule has 1 aliphatic heterocycles. The maximum atomic E-state index is 6.09. The second-order valence-corrected chi connectivity index (χ2v) is 5.44. The fraction of sp³-hybridized carbons (Fsp3) is 0.500. The molecule has 0 saturated carbocycles. The van der Waals surface area contributed by atoms with Crippen LogP contribution in [0.15, 0.2) is 18.2 Å². The van der Waals surface area contributed by atoms with Crippen molar-refractivity contribution in [2.24, 2.45) is 0 Å². The zero-order valence-electron chi connectivity index (χ0n) is 9.12. The predicted octanol–water partition coefficient (Wildman–Crippen LogP) is 3.33. The summed E-state index contributed by atoms with van der Waals surface area (Å²) in [6.07, 6.45) is 2.83. The molecule has 1 unspecified atom stereocenters. The van der Waals surface area contributed by atoms with E-state index in [1.165, 1.54) is 12.8 Å². The van der Waals surface area contributed by atoms with E-state index in [2.05, 4.69) is 0 Å². The van der Waals surface area contributed by atoms with Crippen molar-refractivity contribution in [1.82, 2.24) is 0 Å². The van der Waals surface area contributed by atoms with E-state index in [9.17, 15) is 0 Å². The molecule has 2 nitrogen and oxygen atoms in total. The number of benzene rings is 1. The number of halogens is 1. The van der Waals surface area contributed by atoms with Crippen LogP contribution in [0.5, 0.6) is 0 Å². The number of ether oxygens (including phenoxy) is 1. The monoisotopic (exact) mass is 257 g/mol. The number of hydrogen-bond donors (Lipinski definition) is 1. The molecule has 1 aromatic rings. The average Bonchev–Trinajstić information content (AvgIpc) is 2.76. The molecule has 1 aromatic carbocycles. The summed E-state index contributed by atoms with van der Waals surface area (Å²) >= 11 is 7.95. The molecule has 1 atom stereocenters. The van der Waals surface area contributed by atoms with Crippen molar-refractivity contribution in [3.63, 3.8) is 0 Å². The number of hydrogen-bond acceptors (Lipinski definition) is 3. The lowest BCUT2D eigenvalue weighted by Crippen LogP contribution is -2.08. The largest absolute Gasteiger partial charge is 0.399 e. The van der Waals surface area contributed by atoms with Crippen molar-refractivity contribution in [1.29, 1.82) is 0 Å². The van der Waals surface area contributed by atoms with Gasteiger partial charge in [0.2, 0.25) is 0 Å². The van der Waals surface area contributed by atoms with Crippen LogP contribution >= 0.6 is 23.4 Å². The number of rotatable bonds is 4. The van der Waals surface area contributed by atoms with Crippen molar-refractivity contribution >= 4 is 29.1 Å². The van der Waals surface area contributed by atoms with Crippen LogP contribution < -0.4 is 5.73 Å². The van der Waals surface area contributed by atoms with E-state index >= 15 is 0 Å². The first-order chi connectivity index (χ1) is 7.75. The molecule has 0 spiro atoms. The van der Waals surface area contributed by atoms with Crippen LogP contribution in [0.4, 0.5) is 5.69 Å². The molecule has 0 aromatic heterocycles. The van der Waals surface area contributed by atoms with Gasteiger partial charge in [0.05, 0.1) is 6.10 Å². The Morgan fingerprint density at radius 1 is 1.50 bits per heavy atom. The molecule has 1 heterocycles. The Balaban J connectivity index is 1.82. The molecular formula is C12H16ClNOS. The molecule has 0 aliphatic carbocycles. The zero-order chi connectivity index (χ0) is 11.4. The van der Waals surface area contributed by atoms with E-state index in [4.69, 9.17) is 22.1 Å². The SMILES string of the molecule is Nc1ccc(Cl)c(CSCC2CCCO2)c1. The summed E-state index contributed by atoms with van der Waals surface area (Å²) in [4.78, 5) is 0. The lowest BCUT2D eigenvalue weighted by Gasteiger charge is -2.09. The summed E-state index contributed by atoms with van der Waals surface area (Å²) in [7, 11) is 0. The quantitative estimate of drug-likeness (QED) is 0.841. The third-order valence-corrected chi connectivity index (χ3v) is 4.15. The summed E-state index contributed by atoms with van der Waals surface area (Å²) in [5.74, 6) is 1.95. The molecule has 2 rings (SSSR count). The molecule has 0 bridgehead atoms. The molecule has 0 amide bonds. The standard InChI is InChI=1S/C12H16ClNOS/c13-12-4-3-10(14)6-9(12)7-16-8-11-2-1-5-15-11/h3-4,6,11H,1-2,5,7-8,14H2. The molecule has 1 aliphatic rings. The van der Waals surface area contributed by atoms with Gasteiger partial charge in [0, 0.05) is 28.8 Å². The second kappa shape index (κ2) is 5.80. The molecule has 16 heavy (non-hydrogen) atoms. The van der Waals surface area contributed by atoms with Crippen molar-refractivity contribution in [2.75, 3.05) is 18.1 Å². The maximum Gasteiger partial charge on any atom is 0.0666 e. The Labute approximate surface area is 105 Å². The van der Waals surface area contributed by atoms with Crippen LogP contribution in [0.1, 0.15) is 18.4 Å². The van der Waals surface area contributed by atoms with Gasteiger partial charge < -0.3 is 10.5 Å². The first kappa shape index (κ1) is 12.1. The first-order valence-electron chi connectivity index (χ1n) is 5.49. The van der Waals surface area contributed by atoms with E-state index < -0.39 is 0 Å². The van der Waals surface area contributed by atoms with Crippen molar-refractivity contribution < 1.29 is 4.74 Å². The average molecular weight is 258 g/mol. The Morgan fingerprint density at radius 3 is 3.12 bits per heavy atom. The summed E-state index contributed by atoms with van der Waals surface area (Å²) in [5.41, 5.74) is 7.62. The molecule has 2 N–H and O–H groups in total. The van der Waals surface area contributed by atoms with Crippen molar-refractivity contribution in [2.45, 2.75) is 24.7 Å². The van der Waals surface area contributed by atoms with Crippen LogP contribution in [0.3, 0.4) is 0 Å². The third-order valence-electron chi connectivity index (χ3n) is 2.66. The number of nitrogen functional groups attached to an aromatic ring is 1. The van der Waals surface area contributed by atoms with Crippen LogP contribution in [-0.4, -0.2) is 18.5 Å². The number of thioether (sulfide) groups is 1. The highest BCUT2D eigenvalue weighted by Crippen LogP contribution is 2.25. The molecule has 4 heteroatoms. The van der Waals surface area contributed by atoms with Gasteiger partial charge in [0.1, 0.15) is 0 Å². The summed E-state index contributed by atoms with van der Waals surface area (Å²) < 4.78 is 5.57. The van der Waals surface area contributed by atoms with Gasteiger partial charge in [-0.25, -0.2) is 0 Å². The molecule has 1 fully saturated rings. The second-order valence-electron chi connectivity index (χ2n) is 4.00. The highest BCUT2D eigenvalue weighted by molar-refractivity contribution is 7.98. The maximum absolute atomic E-state index is 6.09. The third kappa shape index (κ3) is 3.30. The van der Waals surface area contributed by atoms with Crippen LogP contribution in [0.25, 0.3) is 0 Å². The molecular weight excluding hydrogens is 242 g/mol. The predicted molar refractivity (Wildman–Crippen MR) is 71.0 cm³/mol. The zero-order valence-corrected chi connectivity index (χ0v) is 10.7. The Bertz CT molecular complexity index is 353. The summed E-state index contributed by atoms with van der Waals surface area (Å²) in [6, 6.07) is 5.64. The van der Waals surface area contributed by atoms with E-state index in [1.54, 1.807) is 0 Å². The highest BCUT2D eigenvalue weighted by Gasteiger charge is 2.15. The fourth-order valence-electron chi connectivity index (χ4n) is 1.78. The van der Waals surface area contributed by atoms with Crippen LogP contribution in [-0.2, 0) is 10.5 Å². The minimum atomic E-state index is 0.435. The van der Waals surface area contributed by atoms with Gasteiger partial charge in [-0.15, -0.1) is 0 Å². The Kier molecular flexibility index (Phi) is 4.38. The minimum absolute atomic E-state index is 0.435. The smallest absolute Gasteiger partial charge is 0.0666 e. The van der Waals surface area contributed by atoms with Gasteiger partial charge in [0.25, 0.3) is 0 Å². The Morgan fingerprint density at radius 2 is 2.38 bits per heavy atom. The highest BCUT2D eigenvalue weighted by atomic mass is 35.5. The fourth-order valence-corrected chi connectivity index (χ4v) is 3.15. The van der Waals surface area contributed by atoms with Gasteiger partial charge in [0.15, 0.2) is 0 Å². The van der Waals surface area contributed by atoms with Crippen molar-refractivity contribution in [3.8, 4) is 0 Å². The molecule has 1 saturated heterocycles. The first-order valence-corrected chi connectivity index (χ1v) is 7.02. The van der Waals surface area contributed by atoms with Gasteiger partial charge >= 0.3 is 0 Å². The number of anilines is 1. The lowest BCUT2D eigenvalue weighted by molar-refractivity contribution is 0.129. The molecule has 0 radical (unpaired) electrons. The minimum Gasteiger partial charge on any atom is -0.399 e. The van der Waals surface area contributed by atoms with E-state index in [1.807, 2.05) is 30.0 Å². The Hall–Kier alpha value is -0.380. The van der Waals surface area contributed by atoms with Crippen molar-refractivity contribution in [3.05, 3.63) is 28.8 Å². The molecule has 88 valence electrons.